The molecule has 0 aromatic carbocycles. The van der Waals surface area contributed by atoms with Crippen molar-refractivity contribution in [1.82, 2.24) is 0 Å². The topological polar surface area (TPSA) is 78.9 Å². The molecule has 0 N–H and O–H groups in total. The van der Waals surface area contributed by atoms with Crippen LogP contribution in [0.4, 0.5) is 0 Å². The zero-order valence-electron chi connectivity index (χ0n) is 46.5. The molecular formula is C65H110O6. The van der Waals surface area contributed by atoms with Crippen LogP contribution in [0.2, 0.25) is 0 Å². The Hall–Kier alpha value is -3.67. The third-order valence-electron chi connectivity index (χ3n) is 12.6. The van der Waals surface area contributed by atoms with E-state index < -0.39 is 6.10 Å². The molecule has 6 heteroatoms. The van der Waals surface area contributed by atoms with Crippen molar-refractivity contribution in [3.8, 4) is 0 Å². The first-order valence-corrected chi connectivity index (χ1v) is 29.7. The van der Waals surface area contributed by atoms with Crippen LogP contribution in [-0.4, -0.2) is 37.2 Å². The number of ether oxygens (including phenoxy) is 3. The lowest BCUT2D eigenvalue weighted by molar-refractivity contribution is -0.167. The highest BCUT2D eigenvalue weighted by Gasteiger charge is 2.19. The summed E-state index contributed by atoms with van der Waals surface area (Å²) in [7, 11) is 0. The summed E-state index contributed by atoms with van der Waals surface area (Å²) < 4.78 is 16.8. The second-order valence-corrected chi connectivity index (χ2v) is 19.5. The first-order chi connectivity index (χ1) is 35.0. The van der Waals surface area contributed by atoms with Gasteiger partial charge in [-0.3, -0.25) is 14.4 Å². The van der Waals surface area contributed by atoms with Gasteiger partial charge in [0.2, 0.25) is 0 Å². The fraction of sp³-hybridized carbons (Fsp3) is 0.708. The van der Waals surface area contributed by atoms with Crippen molar-refractivity contribution in [2.45, 2.75) is 284 Å². The standard InChI is InChI=1S/C65H110O6/c1-4-7-10-13-16-19-22-25-27-29-30-31-32-33-34-36-37-40-43-46-49-52-55-58-64(67)70-61-62(60-69-63(66)57-54-51-48-45-42-39-24-21-18-15-12-9-6-3)71-65(68)59-56-53-50-47-44-41-38-35-28-26-23-20-17-14-11-8-5-2/h8-9,11-12,17-18,20-22,25-26,28-30,39,42,62H,4-7,10,13-16,19,23-24,27,31-38,40-41,43-61H2,1-3H3/b11-8-,12-9-,20-17-,21-18-,25-22-,28-26-,30-29-,42-39-. The first kappa shape index (κ1) is 67.3. The number of unbranched alkanes of at least 4 members (excludes halogenated alkanes) is 26. The van der Waals surface area contributed by atoms with Gasteiger partial charge >= 0.3 is 17.9 Å². The molecule has 0 saturated carbocycles. The fourth-order valence-electron chi connectivity index (χ4n) is 8.15. The SMILES string of the molecule is CC/C=C\C/C=C\C/C=C\CCCCCCCCCC(=O)OC(COC(=O)CCCCC/C=C\C/C=C\C/C=C\CC)COC(=O)CCCCCCCCCCCCC/C=C\C/C=C\CCCCCCC. The summed E-state index contributed by atoms with van der Waals surface area (Å²) in [5.74, 6) is -0.930. The van der Waals surface area contributed by atoms with E-state index in [2.05, 4.69) is 118 Å². The van der Waals surface area contributed by atoms with E-state index in [0.29, 0.717) is 19.3 Å². The quantitative estimate of drug-likeness (QED) is 0.0261. The maximum Gasteiger partial charge on any atom is 0.306 e. The molecule has 406 valence electrons. The number of allylic oxidation sites excluding steroid dienone is 16. The third-order valence-corrected chi connectivity index (χ3v) is 12.6. The number of rotatable bonds is 53. The summed E-state index contributed by atoms with van der Waals surface area (Å²) in [6.07, 6.45) is 78.3. The van der Waals surface area contributed by atoms with Crippen molar-refractivity contribution in [2.75, 3.05) is 13.2 Å². The van der Waals surface area contributed by atoms with Crippen LogP contribution in [0.15, 0.2) is 97.2 Å². The van der Waals surface area contributed by atoms with Gasteiger partial charge < -0.3 is 14.2 Å². The summed E-state index contributed by atoms with van der Waals surface area (Å²) in [6, 6.07) is 0. The van der Waals surface area contributed by atoms with E-state index in [1.54, 1.807) is 0 Å². The van der Waals surface area contributed by atoms with Gasteiger partial charge in [-0.15, -0.1) is 0 Å². The highest BCUT2D eigenvalue weighted by atomic mass is 16.6. The van der Waals surface area contributed by atoms with Crippen LogP contribution in [-0.2, 0) is 28.6 Å². The number of hydrogen-bond acceptors (Lipinski definition) is 6. The maximum absolute atomic E-state index is 12.9. The normalized spacial score (nSPS) is 12.8. The molecule has 0 spiro atoms. The molecule has 71 heavy (non-hydrogen) atoms. The van der Waals surface area contributed by atoms with Crippen LogP contribution >= 0.6 is 0 Å². The van der Waals surface area contributed by atoms with Gasteiger partial charge in [0, 0.05) is 19.3 Å². The molecule has 6 nitrogen and oxygen atoms in total. The van der Waals surface area contributed by atoms with E-state index in [1.165, 1.54) is 122 Å². The lowest BCUT2D eigenvalue weighted by Gasteiger charge is -2.18. The zero-order chi connectivity index (χ0) is 51.4. The highest BCUT2D eigenvalue weighted by molar-refractivity contribution is 5.71. The minimum Gasteiger partial charge on any atom is -0.462 e. The molecule has 0 aliphatic heterocycles. The van der Waals surface area contributed by atoms with Gasteiger partial charge in [-0.25, -0.2) is 0 Å². The molecule has 0 heterocycles. The van der Waals surface area contributed by atoms with Crippen molar-refractivity contribution in [3.63, 3.8) is 0 Å². The Morgan fingerprint density at radius 3 is 0.873 bits per heavy atom. The summed E-state index contributed by atoms with van der Waals surface area (Å²) in [6.45, 7) is 6.38. The molecule has 0 aromatic heterocycles. The van der Waals surface area contributed by atoms with Gasteiger partial charge in [0.25, 0.3) is 0 Å². The average molecular weight is 988 g/mol. The van der Waals surface area contributed by atoms with Crippen molar-refractivity contribution >= 4 is 17.9 Å². The molecule has 0 rings (SSSR count). The third kappa shape index (κ3) is 57.1. The van der Waals surface area contributed by atoms with Crippen LogP contribution in [0.25, 0.3) is 0 Å². The van der Waals surface area contributed by atoms with Crippen molar-refractivity contribution in [1.29, 1.82) is 0 Å². The summed E-state index contributed by atoms with van der Waals surface area (Å²) in [5.41, 5.74) is 0. The van der Waals surface area contributed by atoms with Crippen LogP contribution in [0.1, 0.15) is 278 Å². The molecule has 0 bridgehead atoms. The number of hydrogen-bond donors (Lipinski definition) is 0. The Bertz CT molecular complexity index is 1410. The fourth-order valence-corrected chi connectivity index (χ4v) is 8.15. The smallest absolute Gasteiger partial charge is 0.306 e. The van der Waals surface area contributed by atoms with E-state index in [0.717, 1.165) is 116 Å². The Balaban J connectivity index is 4.36. The average Bonchev–Trinajstić information content (AvgIpc) is 3.37. The molecule has 1 unspecified atom stereocenters. The number of esters is 3. The van der Waals surface area contributed by atoms with Crippen molar-refractivity contribution in [3.05, 3.63) is 97.2 Å². The minimum atomic E-state index is -0.797. The first-order valence-electron chi connectivity index (χ1n) is 29.7. The van der Waals surface area contributed by atoms with Crippen LogP contribution in [0.5, 0.6) is 0 Å². The molecule has 1 atom stereocenters. The summed E-state index contributed by atoms with van der Waals surface area (Å²) in [5, 5.41) is 0. The minimum absolute atomic E-state index is 0.0923. The summed E-state index contributed by atoms with van der Waals surface area (Å²) in [4.78, 5) is 38.2. The van der Waals surface area contributed by atoms with Crippen LogP contribution in [0, 0.1) is 0 Å². The van der Waals surface area contributed by atoms with Crippen molar-refractivity contribution in [2.24, 2.45) is 0 Å². The second-order valence-electron chi connectivity index (χ2n) is 19.5. The van der Waals surface area contributed by atoms with Gasteiger partial charge in [0.05, 0.1) is 0 Å². The Morgan fingerprint density at radius 1 is 0.296 bits per heavy atom. The number of carbonyl (C=O) groups is 3. The monoisotopic (exact) mass is 987 g/mol. The molecular weight excluding hydrogens is 877 g/mol. The van der Waals surface area contributed by atoms with Gasteiger partial charge in [-0.1, -0.05) is 240 Å². The lowest BCUT2D eigenvalue weighted by Crippen LogP contribution is -2.30. The number of carbonyl (C=O) groups excluding carboxylic acids is 3. The Kier molecular flexibility index (Phi) is 55.9. The Morgan fingerprint density at radius 2 is 0.549 bits per heavy atom. The van der Waals surface area contributed by atoms with E-state index in [4.69, 9.17) is 14.2 Å². The molecule has 0 aliphatic carbocycles. The predicted octanol–water partition coefficient (Wildman–Crippen LogP) is 20.1. The van der Waals surface area contributed by atoms with E-state index >= 15 is 0 Å². The largest absolute Gasteiger partial charge is 0.462 e. The summed E-state index contributed by atoms with van der Waals surface area (Å²) >= 11 is 0. The molecule has 0 aromatic rings. The van der Waals surface area contributed by atoms with Gasteiger partial charge in [-0.2, -0.15) is 0 Å². The Labute approximate surface area is 438 Å². The second kappa shape index (κ2) is 58.9. The molecule has 0 saturated heterocycles. The van der Waals surface area contributed by atoms with Crippen LogP contribution in [0.3, 0.4) is 0 Å². The molecule has 0 aliphatic rings. The zero-order valence-corrected chi connectivity index (χ0v) is 46.5. The van der Waals surface area contributed by atoms with Gasteiger partial charge in [-0.05, 0) is 116 Å². The lowest BCUT2D eigenvalue weighted by atomic mass is 10.0. The molecule has 0 radical (unpaired) electrons. The van der Waals surface area contributed by atoms with Crippen molar-refractivity contribution < 1.29 is 28.6 Å². The maximum atomic E-state index is 12.9. The van der Waals surface area contributed by atoms with Gasteiger partial charge in [0.15, 0.2) is 6.10 Å². The predicted molar refractivity (Wildman–Crippen MR) is 307 cm³/mol. The van der Waals surface area contributed by atoms with E-state index in [9.17, 15) is 14.4 Å². The highest BCUT2D eigenvalue weighted by Crippen LogP contribution is 2.15. The molecule has 0 amide bonds. The van der Waals surface area contributed by atoms with E-state index in [1.807, 2.05) is 0 Å². The van der Waals surface area contributed by atoms with Crippen LogP contribution < -0.4 is 0 Å². The van der Waals surface area contributed by atoms with E-state index in [-0.39, 0.29) is 31.1 Å². The molecule has 0 fully saturated rings. The van der Waals surface area contributed by atoms with Gasteiger partial charge in [0.1, 0.15) is 13.2 Å².